The van der Waals surface area contributed by atoms with Crippen molar-refractivity contribution in [3.05, 3.63) is 0 Å². The maximum absolute atomic E-state index is 10.7. The summed E-state index contributed by atoms with van der Waals surface area (Å²) in [5, 5.41) is 0. The molecule has 0 rings (SSSR count). The minimum absolute atomic E-state index is 0. The van der Waals surface area contributed by atoms with E-state index < -0.39 is 10.4 Å². The first-order valence-electron chi connectivity index (χ1n) is 7.86. The van der Waals surface area contributed by atoms with E-state index in [-0.39, 0.29) is 43.5 Å². The SMILES string of the molecule is CCCCCCCCCCCCOC(=O)CN.O=S(=O)(O)O.[H-].[Na+]. The van der Waals surface area contributed by atoms with E-state index in [0.29, 0.717) is 6.61 Å². The fourth-order valence-corrected chi connectivity index (χ4v) is 1.83. The summed E-state index contributed by atoms with van der Waals surface area (Å²) < 4.78 is 36.5. The zero-order valence-corrected chi connectivity index (χ0v) is 17.3. The summed E-state index contributed by atoms with van der Waals surface area (Å²) in [4.78, 5) is 10.7. The number of ether oxygens (including phenoxy) is 1. The van der Waals surface area contributed by atoms with Gasteiger partial charge < -0.3 is 11.9 Å². The molecule has 0 bridgehead atoms. The Morgan fingerprint density at radius 2 is 1.30 bits per heavy atom. The Morgan fingerprint density at radius 3 is 1.65 bits per heavy atom. The van der Waals surface area contributed by atoms with Crippen LogP contribution in [0.1, 0.15) is 72.6 Å². The van der Waals surface area contributed by atoms with Crippen LogP contribution in [0, 0.1) is 0 Å². The molecule has 0 aromatic heterocycles. The van der Waals surface area contributed by atoms with Gasteiger partial charge in [0.25, 0.3) is 0 Å². The molecule has 0 saturated carbocycles. The number of carbonyl (C=O) groups is 1. The molecule has 0 spiro atoms. The molecule has 0 atom stereocenters. The molecule has 0 aliphatic carbocycles. The number of rotatable bonds is 12. The van der Waals surface area contributed by atoms with E-state index >= 15 is 0 Å². The zero-order chi connectivity index (χ0) is 17.3. The van der Waals surface area contributed by atoms with Crippen molar-refractivity contribution in [2.24, 2.45) is 5.73 Å². The smallest absolute Gasteiger partial charge is 1.00 e. The average Bonchev–Trinajstić information content (AvgIpc) is 2.42. The van der Waals surface area contributed by atoms with Crippen LogP contribution in [0.15, 0.2) is 0 Å². The first-order valence-corrected chi connectivity index (χ1v) is 9.26. The van der Waals surface area contributed by atoms with Gasteiger partial charge in [-0.15, -0.1) is 0 Å². The molecule has 7 nitrogen and oxygen atoms in total. The number of carbonyl (C=O) groups excluding carboxylic acids is 1. The Kier molecular flexibility index (Phi) is 24.9. The third-order valence-electron chi connectivity index (χ3n) is 2.93. The molecule has 0 fully saturated rings. The topological polar surface area (TPSA) is 127 Å². The fraction of sp³-hybridized carbons (Fsp3) is 0.929. The van der Waals surface area contributed by atoms with Gasteiger partial charge in [-0.05, 0) is 6.42 Å². The van der Waals surface area contributed by atoms with Crippen LogP contribution in [-0.4, -0.2) is 36.6 Å². The third-order valence-corrected chi connectivity index (χ3v) is 2.93. The minimum atomic E-state index is -4.67. The summed E-state index contributed by atoms with van der Waals surface area (Å²) in [6.45, 7) is 2.78. The molecule has 136 valence electrons. The average molecular weight is 365 g/mol. The Morgan fingerprint density at radius 1 is 0.957 bits per heavy atom. The van der Waals surface area contributed by atoms with Crippen LogP contribution in [0.3, 0.4) is 0 Å². The van der Waals surface area contributed by atoms with Gasteiger partial charge in [0.05, 0.1) is 13.2 Å². The van der Waals surface area contributed by atoms with E-state index in [0.717, 1.165) is 12.8 Å². The summed E-state index contributed by atoms with van der Waals surface area (Å²) in [6.07, 6.45) is 12.9. The van der Waals surface area contributed by atoms with Crippen molar-refractivity contribution in [2.45, 2.75) is 71.1 Å². The van der Waals surface area contributed by atoms with Crippen molar-refractivity contribution in [2.75, 3.05) is 13.2 Å². The normalized spacial score (nSPS) is 10.3. The summed E-state index contributed by atoms with van der Waals surface area (Å²) >= 11 is 0. The number of unbranched alkanes of at least 4 members (excludes halogenated alkanes) is 9. The predicted molar refractivity (Wildman–Crippen MR) is 87.1 cm³/mol. The van der Waals surface area contributed by atoms with E-state index in [4.69, 9.17) is 28.0 Å². The number of nitrogens with two attached hydrogens (primary N) is 1. The standard InChI is InChI=1S/C14H29NO2.Na.H2O4S.H/c1-2-3-4-5-6-7-8-9-10-11-12-17-14(16)13-15;;1-5(2,3)4;/h2-13,15H2,1H3;;(H2,1,2,3,4);/q;+1;;-1. The van der Waals surface area contributed by atoms with Crippen LogP contribution in [0.25, 0.3) is 0 Å². The molecule has 0 amide bonds. The fourth-order valence-electron chi connectivity index (χ4n) is 1.83. The molecule has 0 heterocycles. The Balaban J connectivity index is -0.000000250. The van der Waals surface area contributed by atoms with Gasteiger partial charge in [-0.3, -0.25) is 13.9 Å². The zero-order valence-electron chi connectivity index (χ0n) is 15.5. The maximum Gasteiger partial charge on any atom is 1.00 e. The van der Waals surface area contributed by atoms with Gasteiger partial charge in [0.2, 0.25) is 0 Å². The van der Waals surface area contributed by atoms with Crippen molar-refractivity contribution in [3.63, 3.8) is 0 Å². The first kappa shape index (κ1) is 28.1. The maximum atomic E-state index is 10.7. The van der Waals surface area contributed by atoms with Gasteiger partial charge in [0.1, 0.15) is 0 Å². The Labute approximate surface area is 164 Å². The van der Waals surface area contributed by atoms with Gasteiger partial charge in [-0.2, -0.15) is 8.42 Å². The third kappa shape index (κ3) is 39.3. The molecule has 0 aromatic rings. The molecule has 0 aromatic carbocycles. The van der Waals surface area contributed by atoms with E-state index in [2.05, 4.69) is 6.92 Å². The van der Waals surface area contributed by atoms with Gasteiger partial charge in [0.15, 0.2) is 0 Å². The quantitative estimate of drug-likeness (QED) is 0.190. The van der Waals surface area contributed by atoms with Crippen molar-refractivity contribution < 1.29 is 58.0 Å². The van der Waals surface area contributed by atoms with Crippen LogP contribution in [-0.2, 0) is 19.9 Å². The molecule has 0 saturated heterocycles. The molecule has 0 unspecified atom stereocenters. The molecular formula is C14H32NNaO6S. The van der Waals surface area contributed by atoms with Crippen LogP contribution in [0.5, 0.6) is 0 Å². The summed E-state index contributed by atoms with van der Waals surface area (Å²) in [6, 6.07) is 0. The molecule has 0 radical (unpaired) electrons. The van der Waals surface area contributed by atoms with E-state index in [1.54, 1.807) is 0 Å². The van der Waals surface area contributed by atoms with Crippen LogP contribution in [0.4, 0.5) is 0 Å². The number of esters is 1. The van der Waals surface area contributed by atoms with Crippen molar-refractivity contribution in [3.8, 4) is 0 Å². The Hall–Kier alpha value is 0.300. The van der Waals surface area contributed by atoms with Gasteiger partial charge >= 0.3 is 45.9 Å². The largest absolute Gasteiger partial charge is 1.00 e. The predicted octanol–water partition coefficient (Wildman–Crippen LogP) is -0.127. The molecular weight excluding hydrogens is 333 g/mol. The number of hydrogen-bond acceptors (Lipinski definition) is 5. The summed E-state index contributed by atoms with van der Waals surface area (Å²) in [5.41, 5.74) is 5.13. The van der Waals surface area contributed by atoms with Crippen LogP contribution in [0.2, 0.25) is 0 Å². The number of hydrogen-bond donors (Lipinski definition) is 3. The molecule has 4 N–H and O–H groups in total. The second-order valence-corrected chi connectivity index (χ2v) is 5.95. The van der Waals surface area contributed by atoms with E-state index in [1.165, 1.54) is 51.4 Å². The monoisotopic (exact) mass is 365 g/mol. The molecule has 9 heteroatoms. The Bertz CT molecular complexity index is 349. The van der Waals surface area contributed by atoms with Crippen molar-refractivity contribution >= 4 is 16.4 Å². The molecule has 0 aliphatic heterocycles. The van der Waals surface area contributed by atoms with Gasteiger partial charge in [-0.1, -0.05) is 64.7 Å². The minimum Gasteiger partial charge on any atom is -1.00 e. The van der Waals surface area contributed by atoms with Gasteiger partial charge in [0, 0.05) is 0 Å². The second kappa shape index (κ2) is 20.3. The van der Waals surface area contributed by atoms with E-state index in [1.807, 2.05) is 0 Å². The van der Waals surface area contributed by atoms with Gasteiger partial charge in [-0.25, -0.2) is 0 Å². The first-order chi connectivity index (χ1) is 10.3. The van der Waals surface area contributed by atoms with E-state index in [9.17, 15) is 4.79 Å². The van der Waals surface area contributed by atoms with Crippen molar-refractivity contribution in [1.29, 1.82) is 0 Å². The second-order valence-electron chi connectivity index (χ2n) is 5.05. The van der Waals surface area contributed by atoms with Crippen LogP contribution >= 0.6 is 0 Å². The van der Waals surface area contributed by atoms with Crippen molar-refractivity contribution in [1.82, 2.24) is 0 Å². The summed E-state index contributed by atoms with van der Waals surface area (Å²) in [5.74, 6) is -0.291. The molecule has 0 aliphatic rings. The van der Waals surface area contributed by atoms with Crippen LogP contribution < -0.4 is 35.3 Å². The molecule has 23 heavy (non-hydrogen) atoms. The summed E-state index contributed by atoms with van der Waals surface area (Å²) in [7, 11) is -4.67.